The first-order chi connectivity index (χ1) is 8.47. The van der Waals surface area contributed by atoms with E-state index in [0.717, 1.165) is 25.7 Å². The summed E-state index contributed by atoms with van der Waals surface area (Å²) in [6.07, 6.45) is 3.85. The summed E-state index contributed by atoms with van der Waals surface area (Å²) >= 11 is 0. The van der Waals surface area contributed by atoms with Crippen molar-refractivity contribution in [2.75, 3.05) is 11.1 Å². The standard InChI is InChI=1S/C12H20N4O2/c1-3-4-7-16-9(13)8(10(17)14-11(16)18)15-12(2)5-6-12/h15H,3-7,13H2,1-2H3,(H,14,17,18). The highest BCUT2D eigenvalue weighted by Gasteiger charge is 2.38. The number of nitrogen functional groups attached to an aromatic ring is 1. The van der Waals surface area contributed by atoms with Crippen LogP contribution in [0.25, 0.3) is 0 Å². The quantitative estimate of drug-likeness (QED) is 0.725. The van der Waals surface area contributed by atoms with Crippen molar-refractivity contribution < 1.29 is 0 Å². The molecule has 1 aromatic heterocycles. The van der Waals surface area contributed by atoms with Gasteiger partial charge in [-0.15, -0.1) is 0 Å². The van der Waals surface area contributed by atoms with Gasteiger partial charge in [0, 0.05) is 12.1 Å². The van der Waals surface area contributed by atoms with Crippen LogP contribution >= 0.6 is 0 Å². The number of nitrogens with one attached hydrogen (secondary N) is 2. The molecule has 0 atom stereocenters. The third-order valence-corrected chi connectivity index (χ3v) is 3.40. The van der Waals surface area contributed by atoms with Gasteiger partial charge in [-0.3, -0.25) is 14.3 Å². The van der Waals surface area contributed by atoms with Crippen molar-refractivity contribution in [3.8, 4) is 0 Å². The van der Waals surface area contributed by atoms with E-state index in [1.807, 2.05) is 13.8 Å². The van der Waals surface area contributed by atoms with E-state index in [1.54, 1.807) is 0 Å². The van der Waals surface area contributed by atoms with Gasteiger partial charge in [0.15, 0.2) is 0 Å². The molecule has 0 amide bonds. The van der Waals surface area contributed by atoms with Gasteiger partial charge in [-0.2, -0.15) is 0 Å². The largest absolute Gasteiger partial charge is 0.383 e. The summed E-state index contributed by atoms with van der Waals surface area (Å²) < 4.78 is 1.43. The van der Waals surface area contributed by atoms with E-state index in [9.17, 15) is 9.59 Å². The van der Waals surface area contributed by atoms with E-state index >= 15 is 0 Å². The summed E-state index contributed by atoms with van der Waals surface area (Å²) in [6, 6.07) is 0. The van der Waals surface area contributed by atoms with Crippen molar-refractivity contribution in [2.45, 2.75) is 51.6 Å². The first-order valence-electron chi connectivity index (χ1n) is 6.37. The zero-order chi connectivity index (χ0) is 13.3. The Morgan fingerprint density at radius 1 is 1.44 bits per heavy atom. The predicted octanol–water partition coefficient (Wildman–Crippen LogP) is 0.883. The molecule has 1 saturated carbocycles. The van der Waals surface area contributed by atoms with Crippen LogP contribution in [0.15, 0.2) is 9.59 Å². The molecule has 100 valence electrons. The number of nitrogens with two attached hydrogens (primary N) is 1. The van der Waals surface area contributed by atoms with Gasteiger partial charge < -0.3 is 11.1 Å². The predicted molar refractivity (Wildman–Crippen MR) is 71.9 cm³/mol. The monoisotopic (exact) mass is 252 g/mol. The highest BCUT2D eigenvalue weighted by Crippen LogP contribution is 2.38. The number of anilines is 2. The molecule has 1 fully saturated rings. The van der Waals surface area contributed by atoms with Gasteiger partial charge in [0.2, 0.25) is 0 Å². The van der Waals surface area contributed by atoms with Crippen LogP contribution in [0.2, 0.25) is 0 Å². The van der Waals surface area contributed by atoms with Crippen molar-refractivity contribution in [3.63, 3.8) is 0 Å². The molecule has 6 nitrogen and oxygen atoms in total. The third-order valence-electron chi connectivity index (χ3n) is 3.40. The summed E-state index contributed by atoms with van der Waals surface area (Å²) in [4.78, 5) is 25.8. The minimum Gasteiger partial charge on any atom is -0.383 e. The molecule has 1 aromatic rings. The van der Waals surface area contributed by atoms with Crippen LogP contribution in [0.1, 0.15) is 39.5 Å². The number of hydrogen-bond donors (Lipinski definition) is 3. The fourth-order valence-electron chi connectivity index (χ4n) is 1.86. The number of aromatic nitrogens is 2. The number of unbranched alkanes of at least 4 members (excludes halogenated alkanes) is 1. The maximum absolute atomic E-state index is 11.8. The van der Waals surface area contributed by atoms with Gasteiger partial charge in [-0.1, -0.05) is 13.3 Å². The molecular formula is C12H20N4O2. The van der Waals surface area contributed by atoms with Gasteiger partial charge in [0.05, 0.1) is 0 Å². The number of rotatable bonds is 5. The van der Waals surface area contributed by atoms with Crippen LogP contribution in [-0.4, -0.2) is 15.1 Å². The second kappa shape index (κ2) is 4.51. The van der Waals surface area contributed by atoms with E-state index in [4.69, 9.17) is 5.73 Å². The lowest BCUT2D eigenvalue weighted by atomic mass is 10.3. The number of hydrogen-bond acceptors (Lipinski definition) is 4. The fourth-order valence-corrected chi connectivity index (χ4v) is 1.86. The van der Waals surface area contributed by atoms with Crippen molar-refractivity contribution in [1.29, 1.82) is 0 Å². The van der Waals surface area contributed by atoms with Crippen LogP contribution < -0.4 is 22.3 Å². The molecule has 0 saturated heterocycles. The van der Waals surface area contributed by atoms with Gasteiger partial charge in [0.1, 0.15) is 11.5 Å². The Morgan fingerprint density at radius 2 is 2.11 bits per heavy atom. The average molecular weight is 252 g/mol. The Kier molecular flexibility index (Phi) is 3.19. The van der Waals surface area contributed by atoms with Gasteiger partial charge in [-0.05, 0) is 26.2 Å². The molecule has 0 aromatic carbocycles. The molecule has 0 unspecified atom stereocenters. The Labute approximate surface area is 105 Å². The van der Waals surface area contributed by atoms with Crippen LogP contribution in [0.5, 0.6) is 0 Å². The van der Waals surface area contributed by atoms with E-state index in [2.05, 4.69) is 10.3 Å². The van der Waals surface area contributed by atoms with E-state index < -0.39 is 11.2 Å². The Bertz CT molecular complexity index is 554. The minimum absolute atomic E-state index is 0.0475. The number of nitrogens with zero attached hydrogens (tertiary/aromatic N) is 1. The van der Waals surface area contributed by atoms with Gasteiger partial charge >= 0.3 is 5.69 Å². The molecular weight excluding hydrogens is 232 g/mol. The first-order valence-corrected chi connectivity index (χ1v) is 6.37. The topological polar surface area (TPSA) is 92.9 Å². The minimum atomic E-state index is -0.433. The number of H-pyrrole nitrogens is 1. The Morgan fingerprint density at radius 3 is 2.67 bits per heavy atom. The van der Waals surface area contributed by atoms with E-state index in [1.165, 1.54) is 4.57 Å². The SMILES string of the molecule is CCCCn1c(N)c(NC2(C)CC2)c(=O)[nH]c1=O. The van der Waals surface area contributed by atoms with Crippen molar-refractivity contribution >= 4 is 11.5 Å². The second-order valence-electron chi connectivity index (χ2n) is 5.21. The molecule has 4 N–H and O–H groups in total. The van der Waals surface area contributed by atoms with Crippen LogP contribution in [0.4, 0.5) is 11.5 Å². The maximum atomic E-state index is 11.8. The molecule has 0 aliphatic heterocycles. The third kappa shape index (κ3) is 2.42. The molecule has 1 aliphatic rings. The maximum Gasteiger partial charge on any atom is 0.330 e. The zero-order valence-electron chi connectivity index (χ0n) is 10.9. The van der Waals surface area contributed by atoms with Crippen molar-refractivity contribution in [1.82, 2.24) is 9.55 Å². The normalized spacial score (nSPS) is 16.6. The first kappa shape index (κ1) is 12.7. The summed E-state index contributed by atoms with van der Waals surface area (Å²) in [5, 5.41) is 3.14. The highest BCUT2D eigenvalue weighted by molar-refractivity contribution is 5.62. The Balaban J connectivity index is 2.39. The summed E-state index contributed by atoms with van der Waals surface area (Å²) in [6.45, 7) is 4.61. The molecule has 6 heteroatoms. The molecule has 2 rings (SSSR count). The van der Waals surface area contributed by atoms with Crippen molar-refractivity contribution in [3.05, 3.63) is 20.8 Å². The van der Waals surface area contributed by atoms with Gasteiger partial charge in [-0.25, -0.2) is 4.79 Å². The van der Waals surface area contributed by atoms with E-state index in [0.29, 0.717) is 12.2 Å². The zero-order valence-corrected chi connectivity index (χ0v) is 10.9. The molecule has 0 spiro atoms. The average Bonchev–Trinajstić information content (AvgIpc) is 3.03. The lowest BCUT2D eigenvalue weighted by Gasteiger charge is -2.17. The lowest BCUT2D eigenvalue weighted by Crippen LogP contribution is -2.35. The van der Waals surface area contributed by atoms with Crippen molar-refractivity contribution in [2.24, 2.45) is 0 Å². The summed E-state index contributed by atoms with van der Waals surface area (Å²) in [5.74, 6) is 0.241. The highest BCUT2D eigenvalue weighted by atomic mass is 16.2. The second-order valence-corrected chi connectivity index (χ2v) is 5.21. The molecule has 0 radical (unpaired) electrons. The number of aromatic amines is 1. The molecule has 0 bridgehead atoms. The molecule has 18 heavy (non-hydrogen) atoms. The smallest absolute Gasteiger partial charge is 0.330 e. The Hall–Kier alpha value is -1.72. The molecule has 1 aliphatic carbocycles. The fraction of sp³-hybridized carbons (Fsp3) is 0.667. The summed E-state index contributed by atoms with van der Waals surface area (Å²) in [7, 11) is 0. The molecule has 1 heterocycles. The van der Waals surface area contributed by atoms with Crippen LogP contribution in [0, 0.1) is 0 Å². The summed E-state index contributed by atoms with van der Waals surface area (Å²) in [5.41, 5.74) is 5.35. The van der Waals surface area contributed by atoms with Crippen LogP contribution in [0.3, 0.4) is 0 Å². The van der Waals surface area contributed by atoms with Crippen LogP contribution in [-0.2, 0) is 6.54 Å². The lowest BCUT2D eigenvalue weighted by molar-refractivity contribution is 0.604. The van der Waals surface area contributed by atoms with E-state index in [-0.39, 0.29) is 11.4 Å². The van der Waals surface area contributed by atoms with Gasteiger partial charge in [0.25, 0.3) is 5.56 Å².